The normalized spacial score (nSPS) is 19.8. The molecule has 0 radical (unpaired) electrons. The van der Waals surface area contributed by atoms with Gasteiger partial charge in [0.25, 0.3) is 0 Å². The van der Waals surface area contributed by atoms with Crippen LogP contribution >= 0.6 is 0 Å². The Bertz CT molecular complexity index is 119. The molecular weight excluding hydrogens is 238 g/mol. The summed E-state index contributed by atoms with van der Waals surface area (Å²) >= 11 is 0.102. The van der Waals surface area contributed by atoms with Crippen LogP contribution in [-0.4, -0.2) is 15.8 Å². The first-order valence-electron chi connectivity index (χ1n) is 2.33. The zero-order valence-corrected chi connectivity index (χ0v) is 9.63. The van der Waals surface area contributed by atoms with Crippen LogP contribution in [0.15, 0.2) is 16.0 Å². The standard InChI is InChI=1S/C6H8As.Zr/c1-5-3-7-4-6(5)2;/h3,7H,1-2H3;/q-1;. The van der Waals surface area contributed by atoms with E-state index in [9.17, 15) is 0 Å². The molecule has 1 heterocycles. The molecule has 0 N–H and O–H groups in total. The van der Waals surface area contributed by atoms with Gasteiger partial charge in [0.15, 0.2) is 0 Å². The molecule has 0 saturated carbocycles. The van der Waals surface area contributed by atoms with Crippen LogP contribution in [0.2, 0.25) is 0 Å². The summed E-state index contributed by atoms with van der Waals surface area (Å²) in [5.41, 5.74) is 2.82. The molecule has 42 valence electrons. The van der Waals surface area contributed by atoms with Crippen molar-refractivity contribution < 1.29 is 26.2 Å². The van der Waals surface area contributed by atoms with Crippen molar-refractivity contribution in [3.8, 4) is 0 Å². The molecule has 0 spiro atoms. The van der Waals surface area contributed by atoms with Crippen LogP contribution in [0.25, 0.3) is 0 Å². The molecule has 1 atom stereocenters. The molecule has 1 aliphatic rings. The van der Waals surface area contributed by atoms with Crippen LogP contribution in [0, 0.1) is 4.86 Å². The van der Waals surface area contributed by atoms with E-state index in [-0.39, 0.29) is 42.0 Å². The van der Waals surface area contributed by atoms with Gasteiger partial charge >= 0.3 is 50.5 Å². The van der Waals surface area contributed by atoms with Crippen LogP contribution in [0.4, 0.5) is 0 Å². The van der Waals surface area contributed by atoms with Crippen LogP contribution < -0.4 is 0 Å². The van der Waals surface area contributed by atoms with Gasteiger partial charge in [-0.15, -0.1) is 0 Å². The number of rotatable bonds is 0. The zero-order chi connectivity index (χ0) is 5.28. The summed E-state index contributed by atoms with van der Waals surface area (Å²) < 4.78 is 0. The van der Waals surface area contributed by atoms with E-state index >= 15 is 0 Å². The molecule has 0 aromatic carbocycles. The molecule has 8 heavy (non-hydrogen) atoms. The molecule has 0 nitrogen and oxygen atoms in total. The van der Waals surface area contributed by atoms with Gasteiger partial charge in [-0.25, -0.2) is 0 Å². The predicted octanol–water partition coefficient (Wildman–Crippen LogP) is 1.04. The first kappa shape index (κ1) is 8.92. The molecule has 1 aliphatic heterocycles. The molecule has 1 unspecified atom stereocenters. The van der Waals surface area contributed by atoms with Gasteiger partial charge in [0.2, 0.25) is 0 Å². The van der Waals surface area contributed by atoms with Gasteiger partial charge in [-0.2, -0.15) is 0 Å². The minimum absolute atomic E-state index is 0. The van der Waals surface area contributed by atoms with E-state index in [0.717, 1.165) is 0 Å². The van der Waals surface area contributed by atoms with E-state index in [1.165, 1.54) is 11.1 Å². The van der Waals surface area contributed by atoms with Gasteiger partial charge < -0.3 is 0 Å². The Morgan fingerprint density at radius 3 is 2.25 bits per heavy atom. The maximum atomic E-state index is 3.32. The minimum atomic E-state index is 0. The second-order valence-electron chi connectivity index (χ2n) is 1.72. The van der Waals surface area contributed by atoms with E-state index in [1.54, 1.807) is 0 Å². The van der Waals surface area contributed by atoms with Crippen LogP contribution in [0.5, 0.6) is 0 Å². The molecule has 0 aromatic rings. The molecule has 2 heteroatoms. The fourth-order valence-electron chi connectivity index (χ4n) is 0.459. The van der Waals surface area contributed by atoms with Gasteiger partial charge in [0.05, 0.1) is 0 Å². The first-order chi connectivity index (χ1) is 3.30. The Kier molecular flexibility index (Phi) is 4.30. The molecule has 1 rings (SSSR count). The second-order valence-corrected chi connectivity index (χ2v) is 3.46. The van der Waals surface area contributed by atoms with E-state index in [1.807, 2.05) is 0 Å². The Morgan fingerprint density at radius 1 is 1.50 bits per heavy atom. The van der Waals surface area contributed by atoms with Crippen LogP contribution in [0.1, 0.15) is 13.8 Å². The maximum absolute atomic E-state index is 3.32. The molecule has 0 saturated heterocycles. The quantitative estimate of drug-likeness (QED) is 0.442. The van der Waals surface area contributed by atoms with Crippen molar-refractivity contribution in [3.63, 3.8) is 0 Å². The summed E-state index contributed by atoms with van der Waals surface area (Å²) in [6.07, 6.45) is 0. The summed E-state index contributed by atoms with van der Waals surface area (Å²) in [5.74, 6) is 0. The minimum Gasteiger partial charge on any atom is 0 e. The van der Waals surface area contributed by atoms with Crippen molar-refractivity contribution in [3.05, 3.63) is 20.9 Å². The van der Waals surface area contributed by atoms with E-state index in [2.05, 4.69) is 23.6 Å². The van der Waals surface area contributed by atoms with E-state index in [0.29, 0.717) is 0 Å². The summed E-state index contributed by atoms with van der Waals surface area (Å²) in [5, 5.41) is 0. The first-order valence-corrected chi connectivity index (χ1v) is 4.59. The topological polar surface area (TPSA) is 0 Å². The fourth-order valence-corrected chi connectivity index (χ4v) is 2.39. The van der Waals surface area contributed by atoms with Crippen molar-refractivity contribution in [2.24, 2.45) is 0 Å². The van der Waals surface area contributed by atoms with Crippen molar-refractivity contribution in [2.45, 2.75) is 13.8 Å². The van der Waals surface area contributed by atoms with Gasteiger partial charge in [-0.3, -0.25) is 0 Å². The number of hydrogen-bond donors (Lipinski definition) is 0. The largest absolute Gasteiger partial charge is 0 e. The number of hydrogen-bond acceptors (Lipinski definition) is 0. The van der Waals surface area contributed by atoms with Crippen molar-refractivity contribution in [2.75, 3.05) is 0 Å². The summed E-state index contributed by atoms with van der Waals surface area (Å²) in [7, 11) is 0. The summed E-state index contributed by atoms with van der Waals surface area (Å²) in [6.45, 7) is 4.28. The van der Waals surface area contributed by atoms with Crippen molar-refractivity contribution in [1.29, 1.82) is 0 Å². The Morgan fingerprint density at radius 2 is 2.12 bits per heavy atom. The predicted molar refractivity (Wildman–Crippen MR) is 33.3 cm³/mol. The van der Waals surface area contributed by atoms with Crippen molar-refractivity contribution >= 4 is 15.8 Å². The molecule has 0 aromatic heterocycles. The molecule has 0 fully saturated rings. The van der Waals surface area contributed by atoms with Gasteiger partial charge in [0.1, 0.15) is 0 Å². The third-order valence-corrected chi connectivity index (χ3v) is 3.44. The second kappa shape index (κ2) is 3.86. The maximum Gasteiger partial charge on any atom is 0 e. The SMILES string of the molecule is CC1=[C-][AsH]C=C1C.[Zr]. The van der Waals surface area contributed by atoms with E-state index < -0.39 is 0 Å². The van der Waals surface area contributed by atoms with Gasteiger partial charge in [-0.05, 0) is 0 Å². The van der Waals surface area contributed by atoms with Crippen molar-refractivity contribution in [1.82, 2.24) is 0 Å². The third-order valence-electron chi connectivity index (χ3n) is 1.14. The van der Waals surface area contributed by atoms with Crippen LogP contribution in [0.3, 0.4) is 0 Å². The zero-order valence-electron chi connectivity index (χ0n) is 5.08. The summed E-state index contributed by atoms with van der Waals surface area (Å²) in [4.78, 5) is 5.63. The van der Waals surface area contributed by atoms with Gasteiger partial charge in [-0.1, -0.05) is 0 Å². The van der Waals surface area contributed by atoms with Crippen LogP contribution in [-0.2, 0) is 26.2 Å². The molecule has 0 bridgehead atoms. The average Bonchev–Trinajstić information content (AvgIpc) is 1.91. The number of allylic oxidation sites excluding steroid dienone is 2. The third kappa shape index (κ3) is 2.03. The smallest absolute Gasteiger partial charge is 0 e. The summed E-state index contributed by atoms with van der Waals surface area (Å²) in [6, 6.07) is 0. The molecular formula is C6H8AsZr-. The Balaban J connectivity index is 0.000000490. The van der Waals surface area contributed by atoms with Gasteiger partial charge in [0, 0.05) is 26.2 Å². The molecule has 0 amide bonds. The Hall–Kier alpha value is 0.922. The monoisotopic (exact) mass is 245 g/mol. The Labute approximate surface area is 76.2 Å². The fraction of sp³-hybridized carbons (Fsp3) is 0.333. The van der Waals surface area contributed by atoms with E-state index in [4.69, 9.17) is 0 Å². The average molecular weight is 246 g/mol. The molecule has 0 aliphatic carbocycles.